The van der Waals surface area contributed by atoms with Crippen LogP contribution in [-0.4, -0.2) is 47.1 Å². The molecular weight excluding hydrogens is 572 g/mol. The second-order valence-corrected chi connectivity index (χ2v) is 10.7. The van der Waals surface area contributed by atoms with Gasteiger partial charge in [-0.05, 0) is 60.9 Å². The molecular formula is C32H28N2O8S. The predicted molar refractivity (Wildman–Crippen MR) is 160 cm³/mol. The zero-order valence-electron chi connectivity index (χ0n) is 23.8. The highest BCUT2D eigenvalue weighted by atomic mass is 32.1. The van der Waals surface area contributed by atoms with E-state index in [0.29, 0.717) is 34.7 Å². The fraction of sp³-hybridized carbons (Fsp3) is 0.188. The maximum atomic E-state index is 13.6. The number of hydrogen-bond donors (Lipinski definition) is 2. The number of ether oxygens (including phenoxy) is 3. The Bertz CT molecular complexity index is 1760. The molecule has 10 nitrogen and oxygen atoms in total. The fourth-order valence-electron chi connectivity index (χ4n) is 4.83. The number of hydrogen-bond acceptors (Lipinski definition) is 10. The van der Waals surface area contributed by atoms with Gasteiger partial charge in [0, 0.05) is 5.56 Å². The van der Waals surface area contributed by atoms with Crippen LogP contribution >= 0.6 is 11.3 Å². The van der Waals surface area contributed by atoms with Crippen LogP contribution in [-0.2, 0) is 20.9 Å². The van der Waals surface area contributed by atoms with Gasteiger partial charge in [0.1, 0.15) is 23.0 Å². The summed E-state index contributed by atoms with van der Waals surface area (Å²) < 4.78 is 16.1. The van der Waals surface area contributed by atoms with Gasteiger partial charge in [0.2, 0.25) is 0 Å². The number of Topliss-reactive ketones (excluding diaryl/α,β-unsaturated/α-hetero) is 1. The first-order valence-corrected chi connectivity index (χ1v) is 14.0. The first-order chi connectivity index (χ1) is 20.6. The average molecular weight is 601 g/mol. The topological polar surface area (TPSA) is 135 Å². The summed E-state index contributed by atoms with van der Waals surface area (Å²) in [6.45, 7) is 3.75. The van der Waals surface area contributed by atoms with Gasteiger partial charge in [-0.3, -0.25) is 14.5 Å². The summed E-state index contributed by atoms with van der Waals surface area (Å²) in [4.78, 5) is 45.1. The Balaban J connectivity index is 1.60. The lowest BCUT2D eigenvalue weighted by atomic mass is 9.94. The van der Waals surface area contributed by atoms with Gasteiger partial charge in [-0.25, -0.2) is 9.78 Å². The molecule has 1 atom stereocenters. The smallest absolute Gasteiger partial charge is 0.350 e. The van der Waals surface area contributed by atoms with Crippen LogP contribution in [0.1, 0.15) is 43.7 Å². The zero-order valence-corrected chi connectivity index (χ0v) is 24.6. The van der Waals surface area contributed by atoms with Crippen LogP contribution in [0.4, 0.5) is 5.13 Å². The monoisotopic (exact) mass is 600 g/mol. The second-order valence-electron chi connectivity index (χ2n) is 9.76. The Morgan fingerprint density at radius 1 is 1.00 bits per heavy atom. The third-order valence-electron chi connectivity index (χ3n) is 7.01. The minimum Gasteiger partial charge on any atom is -0.507 e. The summed E-state index contributed by atoms with van der Waals surface area (Å²) in [5, 5.41) is 21.8. The zero-order chi connectivity index (χ0) is 30.8. The number of nitrogens with zero attached hydrogens (tertiary/aromatic N) is 2. The van der Waals surface area contributed by atoms with E-state index in [1.54, 1.807) is 25.1 Å². The number of aromatic hydroxyl groups is 1. The number of carbonyl (C=O) groups is 3. The SMILES string of the molecule is COC(=O)c1sc(N2C(=O)C(=O)/C(=C(/O)c3ccc(OCc4ccccc4)c(C)c3)C2c2ccc(O)c(OC)c2)nc1C. The molecule has 5 rings (SSSR count). The quantitative estimate of drug-likeness (QED) is 0.117. The number of thiazole rings is 1. The number of ketones is 1. The third-order valence-corrected chi connectivity index (χ3v) is 8.15. The molecule has 0 bridgehead atoms. The number of aromatic nitrogens is 1. The molecule has 1 aliphatic rings. The van der Waals surface area contributed by atoms with Crippen molar-refractivity contribution >= 4 is 39.9 Å². The van der Waals surface area contributed by atoms with Crippen LogP contribution in [0.15, 0.2) is 72.3 Å². The van der Waals surface area contributed by atoms with E-state index in [9.17, 15) is 24.6 Å². The van der Waals surface area contributed by atoms with Gasteiger partial charge in [0.25, 0.3) is 5.78 Å². The van der Waals surface area contributed by atoms with Gasteiger partial charge in [0.15, 0.2) is 16.6 Å². The van der Waals surface area contributed by atoms with E-state index in [0.717, 1.165) is 21.8 Å². The number of aliphatic hydroxyl groups excluding tert-OH is 1. The van der Waals surface area contributed by atoms with Gasteiger partial charge < -0.3 is 24.4 Å². The number of amides is 1. The van der Waals surface area contributed by atoms with Crippen LogP contribution < -0.4 is 14.4 Å². The molecule has 0 spiro atoms. The van der Waals surface area contributed by atoms with Crippen LogP contribution in [0, 0.1) is 13.8 Å². The summed E-state index contributed by atoms with van der Waals surface area (Å²) >= 11 is 0.890. The van der Waals surface area contributed by atoms with Crippen molar-refractivity contribution in [3.05, 3.63) is 105 Å². The maximum absolute atomic E-state index is 13.6. The highest BCUT2D eigenvalue weighted by Gasteiger charge is 2.48. The molecule has 2 N–H and O–H groups in total. The fourth-order valence-corrected chi connectivity index (χ4v) is 5.84. The molecule has 1 saturated heterocycles. The number of aliphatic hydroxyl groups is 1. The van der Waals surface area contributed by atoms with Crippen molar-refractivity contribution in [2.75, 3.05) is 19.1 Å². The summed E-state index contributed by atoms with van der Waals surface area (Å²) in [5.74, 6) is -2.38. The Kier molecular flexibility index (Phi) is 8.18. The number of aryl methyl sites for hydroxylation is 2. The molecule has 0 saturated carbocycles. The molecule has 0 radical (unpaired) electrons. The second kappa shape index (κ2) is 12.0. The number of phenols is 1. The van der Waals surface area contributed by atoms with Gasteiger partial charge in [-0.2, -0.15) is 0 Å². The standard InChI is InChI=1S/C32H28N2O8S/c1-17-14-21(11-13-23(17)42-16-19-8-6-5-7-9-19)27(36)25-26(20-10-12-22(35)24(15-20)40-3)34(30(38)28(25)37)32-33-18(2)29(43-32)31(39)41-4/h5-15,26,35-36H,16H2,1-4H3/b27-25+. The first kappa shape index (κ1) is 29.3. The number of methoxy groups -OCH3 is 2. The Morgan fingerprint density at radius 3 is 2.42 bits per heavy atom. The lowest BCUT2D eigenvalue weighted by Crippen LogP contribution is -2.29. The van der Waals surface area contributed by atoms with E-state index in [1.165, 1.54) is 32.4 Å². The number of esters is 1. The summed E-state index contributed by atoms with van der Waals surface area (Å²) in [6.07, 6.45) is 0. The summed E-state index contributed by atoms with van der Waals surface area (Å²) in [7, 11) is 2.60. The van der Waals surface area contributed by atoms with E-state index in [4.69, 9.17) is 14.2 Å². The van der Waals surface area contributed by atoms with Crippen molar-refractivity contribution in [2.24, 2.45) is 0 Å². The highest BCUT2D eigenvalue weighted by molar-refractivity contribution is 7.17. The average Bonchev–Trinajstić information content (AvgIpc) is 3.52. The molecule has 1 fully saturated rings. The van der Waals surface area contributed by atoms with Crippen molar-refractivity contribution in [2.45, 2.75) is 26.5 Å². The number of benzene rings is 3. The minimum atomic E-state index is -1.15. The Labute approximate surface area is 251 Å². The van der Waals surface area contributed by atoms with Crippen LogP contribution in [0.25, 0.3) is 5.76 Å². The molecule has 11 heteroatoms. The molecule has 43 heavy (non-hydrogen) atoms. The summed E-state index contributed by atoms with van der Waals surface area (Å²) in [5.41, 5.74) is 2.48. The van der Waals surface area contributed by atoms with Gasteiger partial charge in [-0.1, -0.05) is 47.7 Å². The predicted octanol–water partition coefficient (Wildman–Crippen LogP) is 5.47. The highest BCUT2D eigenvalue weighted by Crippen LogP contribution is 2.45. The molecule has 4 aromatic rings. The number of anilines is 1. The number of rotatable bonds is 8. The van der Waals surface area contributed by atoms with Gasteiger partial charge in [-0.15, -0.1) is 0 Å². The van der Waals surface area contributed by atoms with E-state index in [1.807, 2.05) is 37.3 Å². The maximum Gasteiger partial charge on any atom is 0.350 e. The van der Waals surface area contributed by atoms with Crippen molar-refractivity contribution in [3.63, 3.8) is 0 Å². The van der Waals surface area contributed by atoms with Crippen LogP contribution in [0.5, 0.6) is 17.2 Å². The Morgan fingerprint density at radius 2 is 1.74 bits per heavy atom. The normalized spacial score (nSPS) is 15.9. The third kappa shape index (κ3) is 5.54. The molecule has 1 unspecified atom stereocenters. The van der Waals surface area contributed by atoms with E-state index < -0.39 is 29.5 Å². The minimum absolute atomic E-state index is 0.0666. The first-order valence-electron chi connectivity index (χ1n) is 13.2. The molecule has 1 amide bonds. The van der Waals surface area contributed by atoms with E-state index >= 15 is 0 Å². The molecule has 3 aromatic carbocycles. The number of phenolic OH excluding ortho intramolecular Hbond substituents is 1. The molecule has 1 aliphatic heterocycles. The van der Waals surface area contributed by atoms with Gasteiger partial charge >= 0.3 is 11.9 Å². The largest absolute Gasteiger partial charge is 0.507 e. The van der Waals surface area contributed by atoms with Crippen molar-refractivity contribution in [1.82, 2.24) is 4.98 Å². The molecule has 0 aliphatic carbocycles. The molecule has 1 aromatic heterocycles. The van der Waals surface area contributed by atoms with Crippen LogP contribution in [0.3, 0.4) is 0 Å². The van der Waals surface area contributed by atoms with Crippen molar-refractivity contribution < 1.29 is 38.8 Å². The van der Waals surface area contributed by atoms with Crippen molar-refractivity contribution in [3.8, 4) is 17.2 Å². The lowest BCUT2D eigenvalue weighted by molar-refractivity contribution is -0.132. The molecule has 220 valence electrons. The van der Waals surface area contributed by atoms with E-state index in [-0.39, 0.29) is 27.1 Å². The Hall–Kier alpha value is -5.16. The van der Waals surface area contributed by atoms with Gasteiger partial charge in [0.05, 0.1) is 31.5 Å². The van der Waals surface area contributed by atoms with E-state index in [2.05, 4.69) is 4.98 Å². The van der Waals surface area contributed by atoms with Crippen LogP contribution in [0.2, 0.25) is 0 Å². The summed E-state index contributed by atoms with van der Waals surface area (Å²) in [6, 6.07) is 17.8. The number of carbonyl (C=O) groups excluding carboxylic acids is 3. The molecule has 2 heterocycles. The lowest BCUT2D eigenvalue weighted by Gasteiger charge is -2.23. The van der Waals surface area contributed by atoms with Crippen molar-refractivity contribution in [1.29, 1.82) is 0 Å².